The minimum Gasteiger partial charge on any atom is -0.351 e. The van der Waals surface area contributed by atoms with Crippen molar-refractivity contribution in [3.8, 4) is 0 Å². The number of para-hydroxylation sites is 2. The highest BCUT2D eigenvalue weighted by molar-refractivity contribution is 7.81. The van der Waals surface area contributed by atoms with Crippen LogP contribution in [0.25, 0.3) is 6.08 Å². The lowest BCUT2D eigenvalue weighted by atomic mass is 9.95. The molecule has 0 spiro atoms. The van der Waals surface area contributed by atoms with Crippen LogP contribution < -0.4 is 9.80 Å². The number of benzene rings is 2. The molecule has 0 radical (unpaired) electrons. The minimum atomic E-state index is -0.409. The number of nitrogens with zero attached hydrogens (tertiary/aromatic N) is 3. The SMILES string of the molecule is O=C1C(=Cc2ccn(C3CCCCC3)c2)C(=O)N(c2ccccc2)C(=S)N1c1ccccc1. The molecule has 5 rings (SSSR count). The maximum Gasteiger partial charge on any atom is 0.270 e. The van der Waals surface area contributed by atoms with Gasteiger partial charge < -0.3 is 4.57 Å². The first-order valence-corrected chi connectivity index (χ1v) is 11.8. The molecule has 2 heterocycles. The van der Waals surface area contributed by atoms with Crippen molar-refractivity contribution in [1.29, 1.82) is 0 Å². The summed E-state index contributed by atoms with van der Waals surface area (Å²) in [6.45, 7) is 0. The van der Waals surface area contributed by atoms with Crippen LogP contribution in [0, 0.1) is 0 Å². The van der Waals surface area contributed by atoms with E-state index in [1.165, 1.54) is 41.9 Å². The Morgan fingerprint density at radius 3 is 1.85 bits per heavy atom. The lowest BCUT2D eigenvalue weighted by Gasteiger charge is -2.36. The summed E-state index contributed by atoms with van der Waals surface area (Å²) < 4.78 is 2.22. The van der Waals surface area contributed by atoms with Crippen molar-refractivity contribution in [3.05, 3.63) is 90.3 Å². The quantitative estimate of drug-likeness (QED) is 0.286. The molecule has 5 nitrogen and oxygen atoms in total. The molecule has 2 aliphatic rings. The van der Waals surface area contributed by atoms with E-state index in [2.05, 4.69) is 10.8 Å². The Bertz CT molecular complexity index is 1150. The molecule has 2 aromatic carbocycles. The van der Waals surface area contributed by atoms with Gasteiger partial charge in [0.1, 0.15) is 5.57 Å². The Kier molecular flexibility index (Phi) is 5.92. The fourth-order valence-electron chi connectivity index (χ4n) is 4.63. The highest BCUT2D eigenvalue weighted by Crippen LogP contribution is 2.31. The molecule has 0 atom stereocenters. The Labute approximate surface area is 198 Å². The van der Waals surface area contributed by atoms with Gasteiger partial charge in [0.05, 0.1) is 11.4 Å². The molecule has 6 heteroatoms. The summed E-state index contributed by atoms with van der Waals surface area (Å²) in [5.74, 6) is -0.817. The number of carbonyl (C=O) groups excluding carboxylic acids is 2. The molecule has 0 unspecified atom stereocenters. The Balaban J connectivity index is 1.55. The number of hydrogen-bond donors (Lipinski definition) is 0. The summed E-state index contributed by atoms with van der Waals surface area (Å²) in [5, 5.41) is 0.152. The second kappa shape index (κ2) is 9.16. The molecule has 0 N–H and O–H groups in total. The lowest BCUT2D eigenvalue weighted by molar-refractivity contribution is -0.120. The summed E-state index contributed by atoms with van der Waals surface area (Å²) in [6.07, 6.45) is 11.9. The van der Waals surface area contributed by atoms with E-state index in [0.717, 1.165) is 5.56 Å². The molecule has 0 bridgehead atoms. The predicted molar refractivity (Wildman–Crippen MR) is 135 cm³/mol. The van der Waals surface area contributed by atoms with Crippen LogP contribution in [-0.2, 0) is 9.59 Å². The Morgan fingerprint density at radius 2 is 1.30 bits per heavy atom. The van der Waals surface area contributed by atoms with E-state index in [-0.39, 0.29) is 10.7 Å². The third kappa shape index (κ3) is 4.14. The smallest absolute Gasteiger partial charge is 0.270 e. The largest absolute Gasteiger partial charge is 0.351 e. The number of thiocarbonyl (C=S) groups is 1. The zero-order chi connectivity index (χ0) is 22.8. The molecule has 2 fully saturated rings. The summed E-state index contributed by atoms with van der Waals surface area (Å²) >= 11 is 5.65. The van der Waals surface area contributed by atoms with Gasteiger partial charge in [0, 0.05) is 18.4 Å². The van der Waals surface area contributed by atoms with E-state index in [1.54, 1.807) is 6.08 Å². The molecular weight excluding hydrogens is 430 g/mol. The number of aromatic nitrogens is 1. The summed E-state index contributed by atoms with van der Waals surface area (Å²) in [6, 6.07) is 20.9. The standard InChI is InChI=1S/C27H25N3O2S/c31-25-24(18-20-16-17-28(19-20)21-10-4-1-5-11-21)26(32)30(23-14-8-3-9-15-23)27(33)29(25)22-12-6-2-7-13-22/h2-3,6-9,12-19,21H,1,4-5,10-11H2. The van der Waals surface area contributed by atoms with E-state index in [1.807, 2.05) is 72.9 Å². The van der Waals surface area contributed by atoms with Gasteiger partial charge in [0.2, 0.25) is 0 Å². The molecule has 1 aliphatic carbocycles. The third-order valence-corrected chi connectivity index (χ3v) is 6.69. The molecule has 166 valence electrons. The summed E-state index contributed by atoms with van der Waals surface area (Å²) in [7, 11) is 0. The molecule has 2 amide bonds. The highest BCUT2D eigenvalue weighted by atomic mass is 32.1. The number of hydrogen-bond acceptors (Lipinski definition) is 3. The summed E-state index contributed by atoms with van der Waals surface area (Å²) in [5.41, 5.74) is 2.20. The first kappa shape index (κ1) is 21.3. The maximum absolute atomic E-state index is 13.6. The van der Waals surface area contributed by atoms with Gasteiger partial charge in [0.15, 0.2) is 5.11 Å². The molecule has 1 saturated carbocycles. The van der Waals surface area contributed by atoms with Crippen LogP contribution in [0.4, 0.5) is 11.4 Å². The molecule has 1 aliphatic heterocycles. The number of anilines is 2. The first-order valence-electron chi connectivity index (χ1n) is 11.4. The van der Waals surface area contributed by atoms with Crippen molar-refractivity contribution >= 4 is 46.6 Å². The van der Waals surface area contributed by atoms with E-state index in [0.29, 0.717) is 17.4 Å². The fraction of sp³-hybridized carbons (Fsp3) is 0.222. The van der Waals surface area contributed by atoms with Gasteiger partial charge >= 0.3 is 0 Å². The second-order valence-electron chi connectivity index (χ2n) is 8.48. The van der Waals surface area contributed by atoms with E-state index in [4.69, 9.17) is 12.2 Å². The molecule has 3 aromatic rings. The maximum atomic E-state index is 13.6. The topological polar surface area (TPSA) is 45.6 Å². The zero-order valence-corrected chi connectivity index (χ0v) is 19.1. The average Bonchev–Trinajstić information content (AvgIpc) is 3.33. The first-order chi connectivity index (χ1) is 16.1. The van der Waals surface area contributed by atoms with Crippen LogP contribution in [0.2, 0.25) is 0 Å². The van der Waals surface area contributed by atoms with Crippen molar-refractivity contribution in [2.24, 2.45) is 0 Å². The third-order valence-electron chi connectivity index (χ3n) is 6.32. The highest BCUT2D eigenvalue weighted by Gasteiger charge is 2.41. The van der Waals surface area contributed by atoms with Crippen LogP contribution in [0.1, 0.15) is 43.7 Å². The van der Waals surface area contributed by atoms with Crippen molar-refractivity contribution in [2.75, 3.05) is 9.80 Å². The van der Waals surface area contributed by atoms with E-state index in [9.17, 15) is 9.59 Å². The van der Waals surface area contributed by atoms with Gasteiger partial charge in [-0.15, -0.1) is 0 Å². The van der Waals surface area contributed by atoms with Crippen molar-refractivity contribution in [2.45, 2.75) is 38.1 Å². The van der Waals surface area contributed by atoms with Gasteiger partial charge in [-0.3, -0.25) is 19.4 Å². The molecule has 1 aromatic heterocycles. The number of amides is 2. The normalized spacial score (nSPS) is 17.6. The predicted octanol–water partition coefficient (Wildman–Crippen LogP) is 5.74. The minimum absolute atomic E-state index is 0.0951. The van der Waals surface area contributed by atoms with Gasteiger partial charge in [-0.05, 0) is 67.0 Å². The van der Waals surface area contributed by atoms with E-state index < -0.39 is 11.8 Å². The number of rotatable bonds is 4. The summed E-state index contributed by atoms with van der Waals surface area (Å²) in [4.78, 5) is 30.0. The second-order valence-corrected chi connectivity index (χ2v) is 8.84. The number of carbonyl (C=O) groups is 2. The van der Waals surface area contributed by atoms with Crippen LogP contribution in [0.5, 0.6) is 0 Å². The zero-order valence-electron chi connectivity index (χ0n) is 18.3. The van der Waals surface area contributed by atoms with Gasteiger partial charge in [-0.1, -0.05) is 55.7 Å². The molecule has 1 saturated heterocycles. The van der Waals surface area contributed by atoms with Crippen LogP contribution >= 0.6 is 12.2 Å². The van der Waals surface area contributed by atoms with Crippen LogP contribution in [0.15, 0.2) is 84.7 Å². The van der Waals surface area contributed by atoms with Crippen molar-refractivity contribution in [1.82, 2.24) is 4.57 Å². The van der Waals surface area contributed by atoms with Crippen molar-refractivity contribution in [3.63, 3.8) is 0 Å². The van der Waals surface area contributed by atoms with E-state index >= 15 is 0 Å². The van der Waals surface area contributed by atoms with Crippen LogP contribution in [0.3, 0.4) is 0 Å². The molecular formula is C27H25N3O2S. The fourth-order valence-corrected chi connectivity index (χ4v) is 5.00. The Morgan fingerprint density at radius 1 is 0.758 bits per heavy atom. The van der Waals surface area contributed by atoms with Crippen LogP contribution in [-0.4, -0.2) is 21.5 Å². The van der Waals surface area contributed by atoms with Gasteiger partial charge in [-0.25, -0.2) is 0 Å². The molecule has 33 heavy (non-hydrogen) atoms. The van der Waals surface area contributed by atoms with Crippen molar-refractivity contribution < 1.29 is 9.59 Å². The van der Waals surface area contributed by atoms with Gasteiger partial charge in [-0.2, -0.15) is 0 Å². The lowest BCUT2D eigenvalue weighted by Crippen LogP contribution is -2.56. The van der Waals surface area contributed by atoms with Gasteiger partial charge in [0.25, 0.3) is 11.8 Å². The monoisotopic (exact) mass is 455 g/mol. The average molecular weight is 456 g/mol. The Hall–Kier alpha value is -3.51.